The molecule has 0 aliphatic rings. The number of rotatable bonds is 4. The summed E-state index contributed by atoms with van der Waals surface area (Å²) in [6.45, 7) is 9.65. The lowest BCUT2D eigenvalue weighted by molar-refractivity contribution is 0.370. The summed E-state index contributed by atoms with van der Waals surface area (Å²) in [5, 5.41) is 12.5. The average Bonchev–Trinajstić information content (AvgIpc) is 2.23. The second-order valence-electron chi connectivity index (χ2n) is 5.70. The molecule has 1 aromatic carbocycles. The Balaban J connectivity index is 2.53. The van der Waals surface area contributed by atoms with Crippen LogP contribution in [0.5, 0.6) is 0 Å². The molecular weight excluding hydrogens is 208 g/mol. The van der Waals surface area contributed by atoms with E-state index < -0.39 is 0 Å². The van der Waals surface area contributed by atoms with Crippen LogP contribution < -0.4 is 5.32 Å². The third kappa shape index (κ3) is 4.48. The first-order valence-corrected chi connectivity index (χ1v) is 6.17. The zero-order valence-electron chi connectivity index (χ0n) is 11.3. The molecule has 0 unspecified atom stereocenters. The van der Waals surface area contributed by atoms with E-state index in [9.17, 15) is 0 Å². The molecule has 0 atom stereocenters. The van der Waals surface area contributed by atoms with Crippen LogP contribution in [0.15, 0.2) is 18.2 Å². The van der Waals surface area contributed by atoms with Crippen molar-refractivity contribution >= 4 is 5.69 Å². The summed E-state index contributed by atoms with van der Waals surface area (Å²) in [4.78, 5) is 0. The van der Waals surface area contributed by atoms with Crippen molar-refractivity contribution in [1.82, 2.24) is 0 Å². The van der Waals surface area contributed by atoms with Gasteiger partial charge >= 0.3 is 0 Å². The highest BCUT2D eigenvalue weighted by molar-refractivity contribution is 5.60. The number of hydrogen-bond acceptors (Lipinski definition) is 2. The van der Waals surface area contributed by atoms with E-state index in [0.717, 1.165) is 29.8 Å². The largest absolute Gasteiger partial charge is 0.384 e. The number of nitrogens with zero attached hydrogens (tertiary/aromatic N) is 1. The van der Waals surface area contributed by atoms with Crippen LogP contribution in [0.1, 0.15) is 44.7 Å². The summed E-state index contributed by atoms with van der Waals surface area (Å²) in [6, 6.07) is 8.19. The number of nitriles is 1. The Bertz CT molecular complexity index is 408. The smallest absolute Gasteiger partial charge is 0.102 e. The van der Waals surface area contributed by atoms with Gasteiger partial charge in [0.05, 0.1) is 11.3 Å². The fourth-order valence-corrected chi connectivity index (χ4v) is 1.81. The van der Waals surface area contributed by atoms with Crippen molar-refractivity contribution in [2.75, 3.05) is 11.9 Å². The van der Waals surface area contributed by atoms with E-state index in [1.54, 1.807) is 0 Å². The molecule has 1 rings (SSSR count). The second-order valence-corrected chi connectivity index (χ2v) is 5.70. The minimum Gasteiger partial charge on any atom is -0.384 e. The highest BCUT2D eigenvalue weighted by Gasteiger charge is 2.09. The van der Waals surface area contributed by atoms with E-state index >= 15 is 0 Å². The van der Waals surface area contributed by atoms with Gasteiger partial charge in [-0.2, -0.15) is 5.26 Å². The van der Waals surface area contributed by atoms with Gasteiger partial charge in [-0.05, 0) is 36.8 Å². The molecule has 0 aliphatic carbocycles. The van der Waals surface area contributed by atoms with Crippen molar-refractivity contribution in [2.45, 2.75) is 40.5 Å². The molecule has 0 saturated carbocycles. The zero-order valence-corrected chi connectivity index (χ0v) is 11.3. The third-order valence-electron chi connectivity index (χ3n) is 2.80. The molecule has 0 spiro atoms. The Morgan fingerprint density at radius 2 is 2.00 bits per heavy atom. The van der Waals surface area contributed by atoms with Crippen LogP contribution in [-0.4, -0.2) is 6.54 Å². The summed E-state index contributed by atoms with van der Waals surface area (Å²) in [7, 11) is 0. The first-order valence-electron chi connectivity index (χ1n) is 6.17. The van der Waals surface area contributed by atoms with Crippen LogP contribution >= 0.6 is 0 Å². The van der Waals surface area contributed by atoms with Gasteiger partial charge in [0.1, 0.15) is 6.07 Å². The van der Waals surface area contributed by atoms with Gasteiger partial charge < -0.3 is 5.32 Å². The summed E-state index contributed by atoms with van der Waals surface area (Å²) >= 11 is 0. The molecule has 2 heteroatoms. The molecule has 2 nitrogen and oxygen atoms in total. The number of benzene rings is 1. The van der Waals surface area contributed by atoms with Gasteiger partial charge in [0.2, 0.25) is 0 Å². The molecule has 1 N–H and O–H groups in total. The van der Waals surface area contributed by atoms with E-state index in [1.165, 1.54) is 6.42 Å². The van der Waals surface area contributed by atoms with E-state index in [2.05, 4.69) is 32.2 Å². The maximum atomic E-state index is 9.10. The van der Waals surface area contributed by atoms with Gasteiger partial charge in [-0.25, -0.2) is 0 Å². The van der Waals surface area contributed by atoms with Crippen LogP contribution in [0.2, 0.25) is 0 Å². The van der Waals surface area contributed by atoms with Gasteiger partial charge in [0, 0.05) is 6.54 Å². The van der Waals surface area contributed by atoms with Crippen LogP contribution in [0.4, 0.5) is 5.69 Å². The van der Waals surface area contributed by atoms with E-state index in [-0.39, 0.29) is 0 Å². The summed E-state index contributed by atoms with van der Waals surface area (Å²) in [5.74, 6) is 0. The molecule has 0 heterocycles. The van der Waals surface area contributed by atoms with Crippen LogP contribution in [-0.2, 0) is 0 Å². The standard InChI is InChI=1S/C15H22N2/c1-12-7-5-8-14(13(12)11-16)17-10-6-9-15(2,3)4/h5,7-8,17H,6,9-10H2,1-4H3. The summed E-state index contributed by atoms with van der Waals surface area (Å²) in [6.07, 6.45) is 2.32. The maximum absolute atomic E-state index is 9.10. The van der Waals surface area contributed by atoms with Crippen molar-refractivity contribution in [2.24, 2.45) is 5.41 Å². The van der Waals surface area contributed by atoms with E-state index in [1.807, 2.05) is 25.1 Å². The Labute approximate surface area is 105 Å². The maximum Gasteiger partial charge on any atom is 0.102 e. The highest BCUT2D eigenvalue weighted by atomic mass is 14.9. The normalized spacial score (nSPS) is 11.0. The minimum atomic E-state index is 0.381. The minimum absolute atomic E-state index is 0.381. The van der Waals surface area contributed by atoms with Crippen molar-refractivity contribution < 1.29 is 0 Å². The van der Waals surface area contributed by atoms with E-state index in [4.69, 9.17) is 5.26 Å². The third-order valence-corrected chi connectivity index (χ3v) is 2.80. The number of aryl methyl sites for hydroxylation is 1. The predicted octanol–water partition coefficient (Wildman–Crippen LogP) is 4.10. The Morgan fingerprint density at radius 1 is 1.29 bits per heavy atom. The number of anilines is 1. The molecular formula is C15H22N2. The summed E-state index contributed by atoms with van der Waals surface area (Å²) < 4.78 is 0. The van der Waals surface area contributed by atoms with Gasteiger partial charge in [0.25, 0.3) is 0 Å². The molecule has 0 fully saturated rings. The van der Waals surface area contributed by atoms with E-state index in [0.29, 0.717) is 5.41 Å². The van der Waals surface area contributed by atoms with Gasteiger partial charge in [0.15, 0.2) is 0 Å². The molecule has 92 valence electrons. The lowest BCUT2D eigenvalue weighted by atomic mass is 9.90. The molecule has 0 saturated heterocycles. The van der Waals surface area contributed by atoms with Gasteiger partial charge in [-0.3, -0.25) is 0 Å². The quantitative estimate of drug-likeness (QED) is 0.790. The molecule has 0 radical (unpaired) electrons. The van der Waals surface area contributed by atoms with Crippen LogP contribution in [0, 0.1) is 23.7 Å². The van der Waals surface area contributed by atoms with Gasteiger partial charge in [-0.15, -0.1) is 0 Å². The second kappa shape index (κ2) is 5.72. The highest BCUT2D eigenvalue weighted by Crippen LogP contribution is 2.22. The predicted molar refractivity (Wildman–Crippen MR) is 73.1 cm³/mol. The monoisotopic (exact) mass is 230 g/mol. The Morgan fingerprint density at radius 3 is 2.59 bits per heavy atom. The van der Waals surface area contributed by atoms with Crippen molar-refractivity contribution in [1.29, 1.82) is 5.26 Å². The first kappa shape index (κ1) is 13.6. The van der Waals surface area contributed by atoms with Crippen LogP contribution in [0.3, 0.4) is 0 Å². The molecule has 0 aromatic heterocycles. The number of nitrogens with one attached hydrogen (secondary N) is 1. The molecule has 17 heavy (non-hydrogen) atoms. The lowest BCUT2D eigenvalue weighted by Crippen LogP contribution is -2.10. The first-order chi connectivity index (χ1) is 7.94. The Kier molecular flexibility index (Phi) is 4.57. The van der Waals surface area contributed by atoms with Crippen molar-refractivity contribution in [3.8, 4) is 6.07 Å². The zero-order chi connectivity index (χ0) is 12.9. The fourth-order valence-electron chi connectivity index (χ4n) is 1.81. The molecule has 0 amide bonds. The van der Waals surface area contributed by atoms with Crippen LogP contribution in [0.25, 0.3) is 0 Å². The average molecular weight is 230 g/mol. The van der Waals surface area contributed by atoms with Crippen molar-refractivity contribution in [3.63, 3.8) is 0 Å². The topological polar surface area (TPSA) is 35.8 Å². The molecule has 0 bridgehead atoms. The Hall–Kier alpha value is -1.49. The van der Waals surface area contributed by atoms with Crippen molar-refractivity contribution in [3.05, 3.63) is 29.3 Å². The fraction of sp³-hybridized carbons (Fsp3) is 0.533. The lowest BCUT2D eigenvalue weighted by Gasteiger charge is -2.18. The summed E-state index contributed by atoms with van der Waals surface area (Å²) in [5.41, 5.74) is 3.14. The molecule has 0 aliphatic heterocycles. The molecule has 1 aromatic rings. The van der Waals surface area contributed by atoms with Gasteiger partial charge in [-0.1, -0.05) is 32.9 Å². The SMILES string of the molecule is Cc1cccc(NCCCC(C)(C)C)c1C#N. The number of hydrogen-bond donors (Lipinski definition) is 1.